The summed E-state index contributed by atoms with van der Waals surface area (Å²) in [7, 11) is 1.52. The second kappa shape index (κ2) is 5.09. The van der Waals surface area contributed by atoms with Gasteiger partial charge >= 0.3 is 0 Å². The number of hydrogen-bond acceptors (Lipinski definition) is 4. The molecule has 1 heterocycles. The first kappa shape index (κ1) is 12.3. The molecule has 0 amide bonds. The van der Waals surface area contributed by atoms with Gasteiger partial charge in [0.05, 0.1) is 12.6 Å². The molecule has 0 fully saturated rings. The summed E-state index contributed by atoms with van der Waals surface area (Å²) in [5, 5.41) is 10.7. The van der Waals surface area contributed by atoms with Gasteiger partial charge in [0.1, 0.15) is 5.75 Å². The van der Waals surface area contributed by atoms with E-state index in [1.165, 1.54) is 7.11 Å². The van der Waals surface area contributed by atoms with E-state index in [0.717, 1.165) is 11.1 Å². The lowest BCUT2D eigenvalue weighted by atomic mass is 10.2. The molecule has 100 valence electrons. The zero-order valence-corrected chi connectivity index (χ0v) is 10.9. The topological polar surface area (TPSA) is 51.6 Å². The largest absolute Gasteiger partial charge is 0.504 e. The number of rotatable bonds is 3. The van der Waals surface area contributed by atoms with Gasteiger partial charge in [0.25, 0.3) is 0 Å². The van der Waals surface area contributed by atoms with Gasteiger partial charge in [-0.05, 0) is 24.3 Å². The molecule has 3 rings (SSSR count). The lowest BCUT2D eigenvalue weighted by Gasteiger charge is -2.08. The van der Waals surface area contributed by atoms with Crippen LogP contribution in [-0.4, -0.2) is 17.2 Å². The Kier molecular flexibility index (Phi) is 3.13. The van der Waals surface area contributed by atoms with Crippen LogP contribution in [0.25, 0.3) is 10.9 Å². The molecule has 0 bridgehead atoms. The highest BCUT2D eigenvalue weighted by Crippen LogP contribution is 2.31. The number of hydrogen-bond donors (Lipinski definition) is 1. The second-order valence-corrected chi connectivity index (χ2v) is 4.28. The lowest BCUT2D eigenvalue weighted by Crippen LogP contribution is -1.89. The summed E-state index contributed by atoms with van der Waals surface area (Å²) in [6.07, 6.45) is 0. The number of aromatic hydroxyl groups is 1. The number of methoxy groups -OCH3 is 1. The number of para-hydroxylation sites is 1. The summed E-state index contributed by atoms with van der Waals surface area (Å²) in [6, 6.07) is 16.4. The molecule has 4 nitrogen and oxygen atoms in total. The molecule has 0 atom stereocenters. The van der Waals surface area contributed by atoms with Gasteiger partial charge in [-0.25, -0.2) is 4.98 Å². The molecule has 0 aliphatic rings. The number of aromatic nitrogens is 1. The summed E-state index contributed by atoms with van der Waals surface area (Å²) in [5.74, 6) is 1.69. The van der Waals surface area contributed by atoms with Crippen molar-refractivity contribution in [2.24, 2.45) is 0 Å². The Morgan fingerprint density at radius 3 is 2.55 bits per heavy atom. The Morgan fingerprint density at radius 2 is 1.80 bits per heavy atom. The Morgan fingerprint density at radius 1 is 1.00 bits per heavy atom. The van der Waals surface area contributed by atoms with Crippen LogP contribution in [0.1, 0.15) is 0 Å². The zero-order chi connectivity index (χ0) is 13.9. The number of benzene rings is 2. The first-order valence-corrected chi connectivity index (χ1v) is 6.17. The van der Waals surface area contributed by atoms with Crippen LogP contribution in [0.3, 0.4) is 0 Å². The van der Waals surface area contributed by atoms with Crippen molar-refractivity contribution in [3.63, 3.8) is 0 Å². The Labute approximate surface area is 116 Å². The van der Waals surface area contributed by atoms with Crippen molar-refractivity contribution in [3.05, 3.63) is 54.6 Å². The fraction of sp³-hybridized carbons (Fsp3) is 0.0625. The van der Waals surface area contributed by atoms with Crippen molar-refractivity contribution in [1.29, 1.82) is 0 Å². The standard InChI is InChI=1S/C16H13NO3/c1-19-15-9-11-7-8-16(17-13(11)10-14(15)18)20-12-5-3-2-4-6-12/h2-10,18H,1H3. The van der Waals surface area contributed by atoms with Crippen LogP contribution < -0.4 is 9.47 Å². The fourth-order valence-corrected chi connectivity index (χ4v) is 1.95. The molecule has 0 aliphatic carbocycles. The van der Waals surface area contributed by atoms with Crippen LogP contribution in [-0.2, 0) is 0 Å². The predicted molar refractivity (Wildman–Crippen MR) is 76.5 cm³/mol. The fourth-order valence-electron chi connectivity index (χ4n) is 1.95. The number of phenolic OH excluding ortho intramolecular Hbond substituents is 1. The van der Waals surface area contributed by atoms with Crippen molar-refractivity contribution in [3.8, 4) is 23.1 Å². The van der Waals surface area contributed by atoms with Gasteiger partial charge in [-0.15, -0.1) is 0 Å². The molecule has 0 saturated carbocycles. The predicted octanol–water partition coefficient (Wildman–Crippen LogP) is 3.74. The summed E-state index contributed by atoms with van der Waals surface area (Å²) in [5.41, 5.74) is 0.650. The number of fused-ring (bicyclic) bond motifs is 1. The van der Waals surface area contributed by atoms with Gasteiger partial charge in [0.2, 0.25) is 5.88 Å². The number of pyridine rings is 1. The highest BCUT2D eigenvalue weighted by Gasteiger charge is 2.06. The number of nitrogens with zero attached hydrogens (tertiary/aromatic N) is 1. The molecule has 1 aromatic heterocycles. The maximum Gasteiger partial charge on any atom is 0.219 e. The summed E-state index contributed by atoms with van der Waals surface area (Å²) >= 11 is 0. The molecule has 4 heteroatoms. The van der Waals surface area contributed by atoms with Crippen LogP contribution in [0, 0.1) is 0 Å². The molecule has 0 radical (unpaired) electrons. The Balaban J connectivity index is 1.98. The van der Waals surface area contributed by atoms with Crippen molar-refractivity contribution in [2.75, 3.05) is 7.11 Å². The molecular weight excluding hydrogens is 254 g/mol. The first-order chi connectivity index (χ1) is 9.76. The van der Waals surface area contributed by atoms with Crippen LogP contribution in [0.2, 0.25) is 0 Å². The molecule has 1 N–H and O–H groups in total. The monoisotopic (exact) mass is 267 g/mol. The van der Waals surface area contributed by atoms with Crippen molar-refractivity contribution < 1.29 is 14.6 Å². The quantitative estimate of drug-likeness (QED) is 0.785. The average Bonchev–Trinajstić information content (AvgIpc) is 2.47. The minimum absolute atomic E-state index is 0.0596. The van der Waals surface area contributed by atoms with Crippen LogP contribution in [0.5, 0.6) is 23.1 Å². The average molecular weight is 267 g/mol. The van der Waals surface area contributed by atoms with Gasteiger partial charge in [-0.3, -0.25) is 0 Å². The van der Waals surface area contributed by atoms with Crippen molar-refractivity contribution in [2.45, 2.75) is 0 Å². The van der Waals surface area contributed by atoms with Crippen LogP contribution in [0.4, 0.5) is 0 Å². The first-order valence-electron chi connectivity index (χ1n) is 6.17. The highest BCUT2D eigenvalue weighted by molar-refractivity contribution is 5.83. The van der Waals surface area contributed by atoms with E-state index in [0.29, 0.717) is 17.1 Å². The van der Waals surface area contributed by atoms with E-state index < -0.39 is 0 Å². The van der Waals surface area contributed by atoms with Gasteiger partial charge < -0.3 is 14.6 Å². The highest BCUT2D eigenvalue weighted by atomic mass is 16.5. The van der Waals surface area contributed by atoms with Crippen molar-refractivity contribution >= 4 is 10.9 Å². The molecule has 3 aromatic rings. The molecule has 0 aliphatic heterocycles. The van der Waals surface area contributed by atoms with Crippen molar-refractivity contribution in [1.82, 2.24) is 4.98 Å². The molecule has 0 saturated heterocycles. The van der Waals surface area contributed by atoms with Gasteiger partial charge in [-0.1, -0.05) is 18.2 Å². The Hall–Kier alpha value is -2.75. The van der Waals surface area contributed by atoms with Gasteiger partial charge in [0.15, 0.2) is 11.5 Å². The minimum atomic E-state index is 0.0596. The molecular formula is C16H13NO3. The minimum Gasteiger partial charge on any atom is -0.504 e. The summed E-state index contributed by atoms with van der Waals surface area (Å²) < 4.78 is 10.7. The zero-order valence-electron chi connectivity index (χ0n) is 10.9. The van der Waals surface area contributed by atoms with E-state index >= 15 is 0 Å². The van der Waals surface area contributed by atoms with E-state index in [1.54, 1.807) is 18.2 Å². The van der Waals surface area contributed by atoms with Crippen LogP contribution >= 0.6 is 0 Å². The van der Waals surface area contributed by atoms with E-state index in [1.807, 2.05) is 36.4 Å². The Bertz CT molecular complexity index is 741. The third-order valence-electron chi connectivity index (χ3n) is 2.93. The second-order valence-electron chi connectivity index (χ2n) is 4.28. The van der Waals surface area contributed by atoms with Crippen LogP contribution in [0.15, 0.2) is 54.6 Å². The smallest absolute Gasteiger partial charge is 0.219 e. The lowest BCUT2D eigenvalue weighted by molar-refractivity contribution is 0.374. The van der Waals surface area contributed by atoms with E-state index in [9.17, 15) is 5.11 Å². The summed E-state index contributed by atoms with van der Waals surface area (Å²) in [6.45, 7) is 0. The number of ether oxygens (including phenoxy) is 2. The number of phenols is 1. The van der Waals surface area contributed by atoms with E-state index in [4.69, 9.17) is 9.47 Å². The van der Waals surface area contributed by atoms with Gasteiger partial charge in [0, 0.05) is 17.5 Å². The maximum absolute atomic E-state index is 9.78. The van der Waals surface area contributed by atoms with E-state index in [2.05, 4.69) is 4.98 Å². The molecule has 2 aromatic carbocycles. The third kappa shape index (κ3) is 2.36. The maximum atomic E-state index is 9.78. The molecule has 0 spiro atoms. The normalized spacial score (nSPS) is 10.4. The SMILES string of the molecule is COc1cc2ccc(Oc3ccccc3)nc2cc1O. The third-order valence-corrected chi connectivity index (χ3v) is 2.93. The summed E-state index contributed by atoms with van der Waals surface area (Å²) in [4.78, 5) is 4.37. The van der Waals surface area contributed by atoms with E-state index in [-0.39, 0.29) is 5.75 Å². The molecule has 20 heavy (non-hydrogen) atoms. The molecule has 0 unspecified atom stereocenters. The van der Waals surface area contributed by atoms with Gasteiger partial charge in [-0.2, -0.15) is 0 Å².